The molecular formula is C22H26ClN3O8. The maximum Gasteiger partial charge on any atom is 0.352 e. The Bertz CT molecular complexity index is 1090. The zero-order valence-corrected chi connectivity index (χ0v) is 19.2. The number of carbonyl (C=O) groups is 3. The second-order valence-electron chi connectivity index (χ2n) is 9.07. The van der Waals surface area contributed by atoms with E-state index in [2.05, 4.69) is 5.32 Å². The molecule has 4 rings (SSSR count). The van der Waals surface area contributed by atoms with Gasteiger partial charge in [-0.15, -0.1) is 0 Å². The summed E-state index contributed by atoms with van der Waals surface area (Å²) in [6.07, 6.45) is -1.85. The van der Waals surface area contributed by atoms with Crippen LogP contribution in [0.1, 0.15) is 24.2 Å². The minimum atomic E-state index is -1.23. The van der Waals surface area contributed by atoms with E-state index < -0.39 is 59.5 Å². The number of nitrogens with zero attached hydrogens (tertiary/aromatic N) is 2. The average Bonchev–Trinajstić information content (AvgIpc) is 3.21. The van der Waals surface area contributed by atoms with Crippen LogP contribution < -0.4 is 5.32 Å². The Balaban J connectivity index is 1.48. The second kappa shape index (κ2) is 8.73. The molecule has 12 heteroatoms. The summed E-state index contributed by atoms with van der Waals surface area (Å²) in [5.41, 5.74) is 0.363. The number of phenolic OH excluding ortho intramolecular Hbond substituents is 2. The van der Waals surface area contributed by atoms with Gasteiger partial charge in [-0.25, -0.2) is 4.79 Å². The SMILES string of the molecule is C[C@@H](O)[C@H]1C(=O)N2C(C(=O)O)=C(CN3CC(NC(=O)c4ccc(O)c(O)c4Cl)[C@H](O)C3)[C@H](C)[C@H]12. The highest BCUT2D eigenvalue weighted by molar-refractivity contribution is 6.35. The topological polar surface area (TPSA) is 171 Å². The standard InChI is InChI=1S/C22H26ClN3O8/c1-8-11(18(22(33)34)26-17(8)15(9(2)27)21(26)32)5-25-6-12(14(29)7-25)24-20(31)10-3-4-13(28)19(30)16(10)23/h3-4,8-9,12,14-15,17,27-30H,5-7H2,1-2H3,(H,24,31)(H,33,34)/t8-,9+,12?,14+,15+,17+/m0/s1. The van der Waals surface area contributed by atoms with Gasteiger partial charge in [0.2, 0.25) is 5.91 Å². The Morgan fingerprint density at radius 2 is 1.94 bits per heavy atom. The highest BCUT2D eigenvalue weighted by Crippen LogP contribution is 2.47. The largest absolute Gasteiger partial charge is 0.504 e. The van der Waals surface area contributed by atoms with Gasteiger partial charge in [0, 0.05) is 25.6 Å². The summed E-state index contributed by atoms with van der Waals surface area (Å²) in [4.78, 5) is 40.1. The molecule has 0 aliphatic carbocycles. The number of carboxylic acids is 1. The zero-order chi connectivity index (χ0) is 25.1. The summed E-state index contributed by atoms with van der Waals surface area (Å²) >= 11 is 5.94. The van der Waals surface area contributed by atoms with E-state index in [1.807, 2.05) is 6.92 Å². The molecule has 0 bridgehead atoms. The van der Waals surface area contributed by atoms with Gasteiger partial charge in [-0.1, -0.05) is 18.5 Å². The molecule has 11 nitrogen and oxygen atoms in total. The number of aliphatic hydroxyl groups is 2. The number of fused-ring (bicyclic) bond motifs is 1. The predicted octanol–water partition coefficient (Wildman–Crippen LogP) is -0.278. The number of β-amino-alcohol motifs (C(OH)–C–C–N with tert-alkyl or cyclic N) is 1. The van der Waals surface area contributed by atoms with Crippen LogP contribution in [0.15, 0.2) is 23.4 Å². The van der Waals surface area contributed by atoms with Gasteiger partial charge >= 0.3 is 5.97 Å². The van der Waals surface area contributed by atoms with Gasteiger partial charge < -0.3 is 35.7 Å². The van der Waals surface area contributed by atoms with Gasteiger partial charge in [0.25, 0.3) is 5.91 Å². The first-order chi connectivity index (χ1) is 15.9. The number of rotatable bonds is 6. The van der Waals surface area contributed by atoms with E-state index in [9.17, 15) is 39.9 Å². The fourth-order valence-corrected chi connectivity index (χ4v) is 5.45. The smallest absolute Gasteiger partial charge is 0.352 e. The van der Waals surface area contributed by atoms with Crippen LogP contribution in [0.3, 0.4) is 0 Å². The zero-order valence-electron chi connectivity index (χ0n) is 18.5. The first-order valence-corrected chi connectivity index (χ1v) is 11.2. The number of carbonyl (C=O) groups excluding carboxylic acids is 2. The van der Waals surface area contributed by atoms with Crippen LogP contribution in [0.25, 0.3) is 0 Å². The fraction of sp³-hybridized carbons (Fsp3) is 0.500. The quantitative estimate of drug-likeness (QED) is 0.229. The lowest BCUT2D eigenvalue weighted by molar-refractivity contribution is -0.163. The van der Waals surface area contributed by atoms with Crippen LogP contribution in [0.5, 0.6) is 11.5 Å². The molecule has 2 saturated heterocycles. The molecule has 0 saturated carbocycles. The van der Waals surface area contributed by atoms with Gasteiger partial charge in [0.05, 0.1) is 40.8 Å². The van der Waals surface area contributed by atoms with E-state index >= 15 is 0 Å². The number of aliphatic hydroxyl groups excluding tert-OH is 2. The summed E-state index contributed by atoms with van der Waals surface area (Å²) in [5.74, 6) is -4.35. The van der Waals surface area contributed by atoms with Crippen molar-refractivity contribution >= 4 is 29.4 Å². The lowest BCUT2D eigenvalue weighted by Crippen LogP contribution is -2.63. The first-order valence-electron chi connectivity index (χ1n) is 10.8. The lowest BCUT2D eigenvalue weighted by atomic mass is 9.77. The van der Waals surface area contributed by atoms with Crippen molar-refractivity contribution in [3.8, 4) is 11.5 Å². The van der Waals surface area contributed by atoms with E-state index in [4.69, 9.17) is 11.6 Å². The summed E-state index contributed by atoms with van der Waals surface area (Å²) < 4.78 is 0. The normalized spacial score (nSPS) is 29.7. The Labute approximate surface area is 199 Å². The summed E-state index contributed by atoms with van der Waals surface area (Å²) in [6.45, 7) is 3.85. The van der Waals surface area contributed by atoms with Crippen LogP contribution in [0.4, 0.5) is 0 Å². The van der Waals surface area contributed by atoms with E-state index in [0.717, 1.165) is 6.07 Å². The van der Waals surface area contributed by atoms with Gasteiger partial charge in [-0.3, -0.25) is 14.5 Å². The number of nitrogens with one attached hydrogen (secondary N) is 1. The van der Waals surface area contributed by atoms with E-state index in [0.29, 0.717) is 5.57 Å². The number of hydrogen-bond donors (Lipinski definition) is 6. The van der Waals surface area contributed by atoms with Crippen molar-refractivity contribution in [1.29, 1.82) is 0 Å². The van der Waals surface area contributed by atoms with Gasteiger partial charge in [0.15, 0.2) is 11.5 Å². The number of aliphatic carboxylic acids is 1. The maximum absolute atomic E-state index is 12.6. The van der Waals surface area contributed by atoms with Gasteiger partial charge in [-0.05, 0) is 24.6 Å². The molecule has 3 heterocycles. The van der Waals surface area contributed by atoms with Gasteiger partial charge in [-0.2, -0.15) is 0 Å². The second-order valence-corrected chi connectivity index (χ2v) is 9.45. The Kier molecular flexibility index (Phi) is 6.23. The molecule has 2 amide bonds. The molecule has 1 aromatic carbocycles. The van der Waals surface area contributed by atoms with Crippen LogP contribution in [0, 0.1) is 11.8 Å². The predicted molar refractivity (Wildman–Crippen MR) is 118 cm³/mol. The average molecular weight is 496 g/mol. The Morgan fingerprint density at radius 3 is 2.56 bits per heavy atom. The number of benzene rings is 1. The van der Waals surface area contributed by atoms with Crippen molar-refractivity contribution in [2.45, 2.75) is 38.1 Å². The van der Waals surface area contributed by atoms with Crippen molar-refractivity contribution < 1.29 is 39.9 Å². The molecule has 2 fully saturated rings. The van der Waals surface area contributed by atoms with E-state index in [1.165, 1.54) is 17.9 Å². The van der Waals surface area contributed by atoms with E-state index in [-0.39, 0.29) is 41.8 Å². The molecule has 6 N–H and O–H groups in total. The summed E-state index contributed by atoms with van der Waals surface area (Å²) in [6, 6.07) is 1.24. The molecule has 184 valence electrons. The summed E-state index contributed by atoms with van der Waals surface area (Å²) in [5, 5.41) is 51.8. The number of aromatic hydroxyl groups is 2. The number of likely N-dealkylation sites (tertiary alicyclic amines) is 1. The maximum atomic E-state index is 12.6. The number of β-lactam (4-membered cyclic amide) rings is 1. The monoisotopic (exact) mass is 495 g/mol. The third kappa shape index (κ3) is 3.78. The van der Waals surface area contributed by atoms with Crippen molar-refractivity contribution in [2.75, 3.05) is 19.6 Å². The van der Waals surface area contributed by atoms with Crippen LogP contribution in [-0.2, 0) is 9.59 Å². The molecule has 1 unspecified atom stereocenters. The Morgan fingerprint density at radius 1 is 1.26 bits per heavy atom. The van der Waals surface area contributed by atoms with Gasteiger partial charge in [0.1, 0.15) is 5.70 Å². The molecule has 6 atom stereocenters. The van der Waals surface area contributed by atoms with E-state index in [1.54, 1.807) is 4.90 Å². The number of hydrogen-bond acceptors (Lipinski definition) is 8. The lowest BCUT2D eigenvalue weighted by Gasteiger charge is -2.46. The third-order valence-corrected chi connectivity index (χ3v) is 7.32. The van der Waals surface area contributed by atoms with Crippen LogP contribution in [-0.4, -0.2) is 97.0 Å². The molecule has 3 aliphatic rings. The highest BCUT2D eigenvalue weighted by Gasteiger charge is 2.60. The number of amides is 2. The fourth-order valence-electron chi connectivity index (χ4n) is 5.21. The molecule has 0 aromatic heterocycles. The number of carboxylic acid groups (broad SMARTS) is 1. The van der Waals surface area contributed by atoms with Crippen LogP contribution >= 0.6 is 11.6 Å². The highest BCUT2D eigenvalue weighted by atomic mass is 35.5. The Hall–Kier alpha value is -2.86. The third-order valence-electron chi connectivity index (χ3n) is 6.93. The number of phenols is 2. The molecule has 0 radical (unpaired) electrons. The molecule has 34 heavy (non-hydrogen) atoms. The van der Waals surface area contributed by atoms with Crippen LogP contribution in [0.2, 0.25) is 5.02 Å². The van der Waals surface area contributed by atoms with Crippen molar-refractivity contribution in [1.82, 2.24) is 15.1 Å². The van der Waals surface area contributed by atoms with Crippen molar-refractivity contribution in [2.24, 2.45) is 11.8 Å². The minimum Gasteiger partial charge on any atom is -0.504 e. The van der Waals surface area contributed by atoms with Crippen molar-refractivity contribution in [3.63, 3.8) is 0 Å². The molecule has 3 aliphatic heterocycles. The molecular weight excluding hydrogens is 470 g/mol. The molecule has 1 aromatic rings. The van der Waals surface area contributed by atoms with Crippen molar-refractivity contribution in [3.05, 3.63) is 34.0 Å². The summed E-state index contributed by atoms with van der Waals surface area (Å²) in [7, 11) is 0. The molecule has 0 spiro atoms. The first kappa shape index (κ1) is 24.3. The minimum absolute atomic E-state index is 0.0741. The number of halogens is 1.